The van der Waals surface area contributed by atoms with E-state index < -0.39 is 29.9 Å². The third kappa shape index (κ3) is 4.47. The van der Waals surface area contributed by atoms with Gasteiger partial charge in [0.1, 0.15) is 17.3 Å². The molecule has 0 radical (unpaired) electrons. The number of carbonyl (C=O) groups excluding carboxylic acids is 1. The number of nitrogens with zero attached hydrogens (tertiary/aromatic N) is 3. The Morgan fingerprint density at radius 1 is 1.15 bits per heavy atom. The number of ether oxygens (including phenoxy) is 2. The number of anilines is 2. The molecule has 0 bridgehead atoms. The second-order valence-electron chi connectivity index (χ2n) is 8.91. The van der Waals surface area contributed by atoms with Crippen LogP contribution in [0.25, 0.3) is 10.8 Å². The van der Waals surface area contributed by atoms with E-state index in [9.17, 15) is 18.0 Å². The lowest BCUT2D eigenvalue weighted by molar-refractivity contribution is -0.153. The van der Waals surface area contributed by atoms with Crippen LogP contribution in [0.3, 0.4) is 0 Å². The van der Waals surface area contributed by atoms with Gasteiger partial charge in [-0.15, -0.1) is 0 Å². The van der Waals surface area contributed by atoms with Crippen LogP contribution in [0.5, 0.6) is 5.88 Å². The number of alkyl halides is 3. The van der Waals surface area contributed by atoms with Crippen molar-refractivity contribution in [3.05, 3.63) is 47.4 Å². The Kier molecular flexibility index (Phi) is 5.63. The SMILES string of the molecule is CC[C@]1(C)OC(=O)c2ccc(Nc3cc4c(C(C)(C)N)cnc(OCC(F)(F)F)c4cn3)nc21. The van der Waals surface area contributed by atoms with E-state index in [-0.39, 0.29) is 5.88 Å². The number of carbonyl (C=O) groups is 1. The van der Waals surface area contributed by atoms with Gasteiger partial charge in [-0.3, -0.25) is 0 Å². The van der Waals surface area contributed by atoms with Gasteiger partial charge in [0.15, 0.2) is 12.2 Å². The van der Waals surface area contributed by atoms with Gasteiger partial charge in [-0.05, 0) is 56.3 Å². The molecular weight excluding hydrogens is 451 g/mol. The van der Waals surface area contributed by atoms with Gasteiger partial charge in [0.25, 0.3) is 0 Å². The van der Waals surface area contributed by atoms with Crippen molar-refractivity contribution in [3.8, 4) is 5.88 Å². The Labute approximate surface area is 193 Å². The molecule has 0 unspecified atom stereocenters. The molecular formula is C23H24F3N5O3. The Balaban J connectivity index is 1.74. The largest absolute Gasteiger partial charge is 0.468 e. The van der Waals surface area contributed by atoms with Gasteiger partial charge < -0.3 is 20.5 Å². The maximum atomic E-state index is 12.7. The van der Waals surface area contributed by atoms with Crippen molar-refractivity contribution in [2.45, 2.75) is 51.4 Å². The molecule has 3 aromatic heterocycles. The van der Waals surface area contributed by atoms with Gasteiger partial charge in [-0.1, -0.05) is 6.92 Å². The molecule has 3 aromatic rings. The standard InChI is InChI=1S/C23H24F3N5O3/c1-5-22(4)18-12(20(32)34-22)6-7-16(31-18)30-17-8-13-14(9-28-17)19(33-11-23(24,25)26)29-10-15(13)21(2,3)27/h6-10H,5,11,27H2,1-4H3,(H,28,30,31)/t22-/m0/s1. The number of nitrogens with one attached hydrogen (secondary N) is 1. The summed E-state index contributed by atoms with van der Waals surface area (Å²) in [5, 5.41) is 3.92. The van der Waals surface area contributed by atoms with Crippen molar-refractivity contribution in [3.63, 3.8) is 0 Å². The molecule has 0 saturated heterocycles. The number of pyridine rings is 3. The van der Waals surface area contributed by atoms with Crippen LogP contribution >= 0.6 is 0 Å². The molecule has 180 valence electrons. The molecule has 0 aliphatic carbocycles. The van der Waals surface area contributed by atoms with E-state index >= 15 is 0 Å². The third-order valence-electron chi connectivity index (χ3n) is 5.67. The van der Waals surface area contributed by atoms with Crippen LogP contribution in [-0.4, -0.2) is 33.7 Å². The van der Waals surface area contributed by atoms with Crippen LogP contribution in [0.15, 0.2) is 30.6 Å². The highest BCUT2D eigenvalue weighted by atomic mass is 19.4. The fourth-order valence-corrected chi connectivity index (χ4v) is 3.73. The van der Waals surface area contributed by atoms with Gasteiger partial charge in [0, 0.05) is 17.9 Å². The first-order valence-corrected chi connectivity index (χ1v) is 10.6. The van der Waals surface area contributed by atoms with Crippen molar-refractivity contribution in [2.75, 3.05) is 11.9 Å². The number of rotatable bonds is 6. The zero-order valence-electron chi connectivity index (χ0n) is 19.1. The maximum absolute atomic E-state index is 12.7. The van der Waals surface area contributed by atoms with Crippen LogP contribution < -0.4 is 15.8 Å². The molecule has 4 heterocycles. The quantitative estimate of drug-likeness (QED) is 0.494. The summed E-state index contributed by atoms with van der Waals surface area (Å²) in [4.78, 5) is 25.0. The van der Waals surface area contributed by atoms with Gasteiger partial charge in [-0.25, -0.2) is 19.7 Å². The van der Waals surface area contributed by atoms with Crippen molar-refractivity contribution in [2.24, 2.45) is 5.73 Å². The zero-order chi connectivity index (χ0) is 24.9. The lowest BCUT2D eigenvalue weighted by Gasteiger charge is -2.22. The average Bonchev–Trinajstić information content (AvgIpc) is 3.00. The van der Waals surface area contributed by atoms with Crippen LogP contribution in [0, 0.1) is 0 Å². The van der Waals surface area contributed by atoms with Gasteiger partial charge in [0.05, 0.1) is 10.9 Å². The van der Waals surface area contributed by atoms with Crippen LogP contribution in [0.1, 0.15) is 55.7 Å². The fraction of sp³-hybridized carbons (Fsp3) is 0.391. The number of esters is 1. The van der Waals surface area contributed by atoms with Crippen molar-refractivity contribution < 1.29 is 27.4 Å². The molecule has 0 spiro atoms. The van der Waals surface area contributed by atoms with Crippen LogP contribution in [-0.2, 0) is 15.9 Å². The monoisotopic (exact) mass is 475 g/mol. The number of fused-ring (bicyclic) bond motifs is 2. The maximum Gasteiger partial charge on any atom is 0.422 e. The van der Waals surface area contributed by atoms with E-state index in [1.165, 1.54) is 12.4 Å². The predicted molar refractivity (Wildman–Crippen MR) is 119 cm³/mol. The molecule has 1 atom stereocenters. The van der Waals surface area contributed by atoms with E-state index in [0.717, 1.165) is 0 Å². The summed E-state index contributed by atoms with van der Waals surface area (Å²) in [5.41, 5.74) is 6.16. The van der Waals surface area contributed by atoms with Crippen LogP contribution in [0.4, 0.5) is 24.8 Å². The molecule has 0 aromatic carbocycles. The number of nitrogens with two attached hydrogens (primary N) is 1. The van der Waals surface area contributed by atoms with Crippen molar-refractivity contribution in [1.82, 2.24) is 15.0 Å². The number of hydrogen-bond donors (Lipinski definition) is 2. The van der Waals surface area contributed by atoms with E-state index in [2.05, 4.69) is 20.3 Å². The average molecular weight is 475 g/mol. The van der Waals surface area contributed by atoms with E-state index in [1.807, 2.05) is 6.92 Å². The summed E-state index contributed by atoms with van der Waals surface area (Å²) in [6, 6.07) is 4.92. The minimum Gasteiger partial charge on any atom is -0.468 e. The highest BCUT2D eigenvalue weighted by molar-refractivity contribution is 5.94. The summed E-state index contributed by atoms with van der Waals surface area (Å²) < 4.78 is 48.4. The Morgan fingerprint density at radius 2 is 1.88 bits per heavy atom. The van der Waals surface area contributed by atoms with E-state index in [4.69, 9.17) is 15.2 Å². The summed E-state index contributed by atoms with van der Waals surface area (Å²) in [6.45, 7) is 5.75. The lowest BCUT2D eigenvalue weighted by atomic mass is 9.93. The lowest BCUT2D eigenvalue weighted by Crippen LogP contribution is -2.29. The summed E-state index contributed by atoms with van der Waals surface area (Å²) in [7, 11) is 0. The molecule has 8 nitrogen and oxygen atoms in total. The topological polar surface area (TPSA) is 112 Å². The highest BCUT2D eigenvalue weighted by Crippen LogP contribution is 2.38. The normalized spacial score (nSPS) is 18.1. The van der Waals surface area contributed by atoms with Gasteiger partial charge in [0.2, 0.25) is 5.88 Å². The molecule has 0 fully saturated rings. The molecule has 34 heavy (non-hydrogen) atoms. The fourth-order valence-electron chi connectivity index (χ4n) is 3.73. The third-order valence-corrected chi connectivity index (χ3v) is 5.67. The first-order valence-electron chi connectivity index (χ1n) is 10.6. The van der Waals surface area contributed by atoms with Gasteiger partial charge in [-0.2, -0.15) is 13.2 Å². The molecule has 4 rings (SSSR count). The van der Waals surface area contributed by atoms with Gasteiger partial charge >= 0.3 is 12.1 Å². The molecule has 11 heteroatoms. The molecule has 1 aliphatic rings. The first-order chi connectivity index (χ1) is 15.8. The Hall–Kier alpha value is -3.47. The Morgan fingerprint density at radius 3 is 2.53 bits per heavy atom. The minimum absolute atomic E-state index is 0.190. The predicted octanol–water partition coefficient (Wildman–Crippen LogP) is 4.70. The van der Waals surface area contributed by atoms with Crippen molar-refractivity contribution in [1.29, 1.82) is 0 Å². The van der Waals surface area contributed by atoms with E-state index in [1.54, 1.807) is 39.0 Å². The first kappa shape index (κ1) is 23.7. The number of hydrogen-bond acceptors (Lipinski definition) is 8. The van der Waals surface area contributed by atoms with Crippen molar-refractivity contribution >= 4 is 28.4 Å². The molecule has 3 N–H and O–H groups in total. The summed E-state index contributed by atoms with van der Waals surface area (Å²) >= 11 is 0. The molecule has 1 aliphatic heterocycles. The number of aromatic nitrogens is 3. The number of halogens is 3. The highest BCUT2D eigenvalue weighted by Gasteiger charge is 2.42. The zero-order valence-corrected chi connectivity index (χ0v) is 19.1. The van der Waals surface area contributed by atoms with E-state index in [0.29, 0.717) is 45.6 Å². The summed E-state index contributed by atoms with van der Waals surface area (Å²) in [5.74, 6) is 0.196. The summed E-state index contributed by atoms with van der Waals surface area (Å²) in [6.07, 6.45) is -1.17. The number of cyclic esters (lactones) is 1. The minimum atomic E-state index is -4.51. The molecule has 0 amide bonds. The molecule has 0 saturated carbocycles. The van der Waals surface area contributed by atoms with Crippen LogP contribution in [0.2, 0.25) is 0 Å². The smallest absolute Gasteiger partial charge is 0.422 e. The Bertz CT molecular complexity index is 1270. The second kappa shape index (κ2) is 8.08. The second-order valence-corrected chi connectivity index (χ2v) is 8.91.